The molecule has 1 unspecified atom stereocenters. The Hall–Kier alpha value is -3.80. The number of methoxy groups -OCH3 is 1. The summed E-state index contributed by atoms with van der Waals surface area (Å²) >= 11 is 0. The summed E-state index contributed by atoms with van der Waals surface area (Å²) in [5.74, 6) is 0.641. The van der Waals surface area contributed by atoms with Crippen LogP contribution in [0.1, 0.15) is 34.3 Å². The fourth-order valence-corrected chi connectivity index (χ4v) is 4.56. The van der Waals surface area contributed by atoms with Gasteiger partial charge < -0.3 is 20.3 Å². The lowest BCUT2D eigenvalue weighted by molar-refractivity contribution is -0.126. The number of rotatable bonds is 5. The highest BCUT2D eigenvalue weighted by Gasteiger charge is 2.38. The van der Waals surface area contributed by atoms with Crippen LogP contribution in [-0.4, -0.2) is 29.9 Å². The molecule has 2 N–H and O–H groups in total. The Morgan fingerprint density at radius 1 is 1.16 bits per heavy atom. The third-order valence-corrected chi connectivity index (χ3v) is 6.26. The Morgan fingerprint density at radius 3 is 2.84 bits per heavy atom. The van der Waals surface area contributed by atoms with Crippen molar-refractivity contribution >= 4 is 28.3 Å². The largest absolute Gasteiger partial charge is 0.496 e. The van der Waals surface area contributed by atoms with E-state index in [0.29, 0.717) is 37.2 Å². The van der Waals surface area contributed by atoms with E-state index in [0.717, 1.165) is 33.3 Å². The fraction of sp³-hybridized carbons (Fsp3) is 0.231. The van der Waals surface area contributed by atoms with E-state index in [2.05, 4.69) is 41.5 Å². The van der Waals surface area contributed by atoms with Gasteiger partial charge in [-0.05, 0) is 59.7 Å². The summed E-state index contributed by atoms with van der Waals surface area (Å²) in [5.41, 5.74) is 4.44. The predicted octanol–water partition coefficient (Wildman–Crippen LogP) is 4.21. The first kappa shape index (κ1) is 20.1. The van der Waals surface area contributed by atoms with Crippen LogP contribution in [0.25, 0.3) is 10.8 Å². The number of carbonyl (C=O) groups is 2. The molecule has 0 aliphatic carbocycles. The van der Waals surface area contributed by atoms with Crippen molar-refractivity contribution < 1.29 is 14.3 Å². The molecule has 6 nitrogen and oxygen atoms in total. The molecule has 0 bridgehead atoms. The molecule has 2 heterocycles. The SMILES string of the molecule is C=C1CCC(N2Cc3cc(NCc4ccc5c(OC)cccc5c4)ccc3C2=O)C(=O)N1. The number of allylic oxidation sites excluding steroid dienone is 1. The first-order valence-electron chi connectivity index (χ1n) is 10.8. The second-order valence-corrected chi connectivity index (χ2v) is 8.32. The minimum atomic E-state index is -0.439. The molecule has 32 heavy (non-hydrogen) atoms. The van der Waals surface area contributed by atoms with Crippen LogP contribution in [-0.2, 0) is 17.9 Å². The average Bonchev–Trinajstić information content (AvgIpc) is 3.12. The Kier molecular flexibility index (Phi) is 5.05. The Balaban J connectivity index is 1.30. The molecular formula is C26H25N3O3. The number of nitrogens with one attached hydrogen (secondary N) is 2. The third-order valence-electron chi connectivity index (χ3n) is 6.26. The summed E-state index contributed by atoms with van der Waals surface area (Å²) in [7, 11) is 1.68. The number of hydrogen-bond donors (Lipinski definition) is 2. The van der Waals surface area contributed by atoms with Gasteiger partial charge in [0.05, 0.1) is 7.11 Å². The Morgan fingerprint density at radius 2 is 2.03 bits per heavy atom. The zero-order valence-electron chi connectivity index (χ0n) is 18.0. The van der Waals surface area contributed by atoms with E-state index < -0.39 is 6.04 Å². The van der Waals surface area contributed by atoms with Gasteiger partial charge in [-0.15, -0.1) is 0 Å². The summed E-state index contributed by atoms with van der Waals surface area (Å²) in [6, 6.07) is 17.7. The molecule has 2 aliphatic heterocycles. The van der Waals surface area contributed by atoms with E-state index >= 15 is 0 Å². The highest BCUT2D eigenvalue weighted by Crippen LogP contribution is 2.31. The maximum absolute atomic E-state index is 12.9. The lowest BCUT2D eigenvalue weighted by Crippen LogP contribution is -2.49. The van der Waals surface area contributed by atoms with Gasteiger partial charge in [0.15, 0.2) is 0 Å². The van der Waals surface area contributed by atoms with Gasteiger partial charge in [-0.2, -0.15) is 0 Å². The van der Waals surface area contributed by atoms with Crippen LogP contribution in [0.3, 0.4) is 0 Å². The fourth-order valence-electron chi connectivity index (χ4n) is 4.56. The average molecular weight is 428 g/mol. The van der Waals surface area contributed by atoms with Crippen LogP contribution >= 0.6 is 0 Å². The van der Waals surface area contributed by atoms with Crippen molar-refractivity contribution in [3.63, 3.8) is 0 Å². The lowest BCUT2D eigenvalue weighted by Gasteiger charge is -2.30. The molecule has 0 saturated carbocycles. The van der Waals surface area contributed by atoms with Gasteiger partial charge >= 0.3 is 0 Å². The molecule has 3 aromatic rings. The molecule has 1 atom stereocenters. The molecule has 1 fully saturated rings. The summed E-state index contributed by atoms with van der Waals surface area (Å²) in [4.78, 5) is 26.9. The number of piperidine rings is 1. The van der Waals surface area contributed by atoms with Crippen LogP contribution in [0, 0.1) is 0 Å². The van der Waals surface area contributed by atoms with Crippen LogP contribution in [0.15, 0.2) is 66.9 Å². The first-order valence-corrected chi connectivity index (χ1v) is 10.8. The zero-order valence-corrected chi connectivity index (χ0v) is 18.0. The third kappa shape index (κ3) is 3.58. The Labute approximate surface area is 186 Å². The molecular weight excluding hydrogens is 402 g/mol. The molecule has 6 heteroatoms. The van der Waals surface area contributed by atoms with Gasteiger partial charge in [-0.1, -0.05) is 30.8 Å². The normalized spacial score (nSPS) is 18.0. The second-order valence-electron chi connectivity index (χ2n) is 8.32. The molecule has 0 radical (unpaired) electrons. The number of amides is 2. The number of ether oxygens (including phenoxy) is 1. The van der Waals surface area contributed by atoms with Gasteiger partial charge in [0.25, 0.3) is 5.91 Å². The second kappa shape index (κ2) is 8.04. The van der Waals surface area contributed by atoms with Crippen molar-refractivity contribution in [2.45, 2.75) is 32.0 Å². The summed E-state index contributed by atoms with van der Waals surface area (Å²) in [6.07, 6.45) is 1.31. The topological polar surface area (TPSA) is 70.7 Å². The molecule has 3 aromatic carbocycles. The van der Waals surface area contributed by atoms with Gasteiger partial charge in [-0.25, -0.2) is 0 Å². The Bertz CT molecular complexity index is 1250. The van der Waals surface area contributed by atoms with E-state index in [9.17, 15) is 9.59 Å². The molecule has 2 aliphatic rings. The van der Waals surface area contributed by atoms with Crippen LogP contribution in [0.4, 0.5) is 5.69 Å². The quantitative estimate of drug-likeness (QED) is 0.640. The predicted molar refractivity (Wildman–Crippen MR) is 124 cm³/mol. The van der Waals surface area contributed by atoms with E-state index in [1.807, 2.05) is 30.3 Å². The lowest BCUT2D eigenvalue weighted by atomic mass is 10.0. The molecule has 5 rings (SSSR count). The number of hydrogen-bond acceptors (Lipinski definition) is 4. The van der Waals surface area contributed by atoms with Crippen molar-refractivity contribution in [1.82, 2.24) is 10.2 Å². The zero-order chi connectivity index (χ0) is 22.2. The number of benzene rings is 3. The van der Waals surface area contributed by atoms with Crippen molar-refractivity contribution in [2.75, 3.05) is 12.4 Å². The standard InChI is InChI=1S/C26H25N3O3/c1-16-6-11-23(25(30)28-16)29-15-19-13-20(8-10-22(19)26(29)31)27-14-17-7-9-21-18(12-17)4-3-5-24(21)32-2/h3-5,7-10,12-13,23,27H,1,6,11,14-15H2,2H3,(H,28,30). The number of anilines is 1. The molecule has 2 amide bonds. The minimum Gasteiger partial charge on any atom is -0.496 e. The summed E-state index contributed by atoms with van der Waals surface area (Å²) in [5, 5.41) is 8.45. The van der Waals surface area contributed by atoms with Gasteiger partial charge in [0, 0.05) is 35.4 Å². The minimum absolute atomic E-state index is 0.0808. The van der Waals surface area contributed by atoms with E-state index in [1.54, 1.807) is 12.0 Å². The van der Waals surface area contributed by atoms with Crippen molar-refractivity contribution in [3.8, 4) is 5.75 Å². The van der Waals surface area contributed by atoms with Gasteiger partial charge in [0.1, 0.15) is 11.8 Å². The van der Waals surface area contributed by atoms with E-state index in [4.69, 9.17) is 4.74 Å². The van der Waals surface area contributed by atoms with Crippen LogP contribution in [0.5, 0.6) is 5.75 Å². The molecule has 1 saturated heterocycles. The maximum atomic E-state index is 12.9. The number of nitrogens with zero attached hydrogens (tertiary/aromatic N) is 1. The van der Waals surface area contributed by atoms with Crippen LogP contribution < -0.4 is 15.4 Å². The number of fused-ring (bicyclic) bond motifs is 2. The van der Waals surface area contributed by atoms with E-state index in [1.165, 1.54) is 0 Å². The molecule has 162 valence electrons. The summed E-state index contributed by atoms with van der Waals surface area (Å²) < 4.78 is 5.44. The highest BCUT2D eigenvalue weighted by molar-refractivity contribution is 6.01. The van der Waals surface area contributed by atoms with Crippen LogP contribution in [0.2, 0.25) is 0 Å². The monoisotopic (exact) mass is 427 g/mol. The van der Waals surface area contributed by atoms with Gasteiger partial charge in [-0.3, -0.25) is 9.59 Å². The van der Waals surface area contributed by atoms with Crippen molar-refractivity contribution in [1.29, 1.82) is 0 Å². The first-order chi connectivity index (χ1) is 15.5. The molecule has 0 spiro atoms. The van der Waals surface area contributed by atoms with Crippen molar-refractivity contribution in [2.24, 2.45) is 0 Å². The summed E-state index contributed by atoms with van der Waals surface area (Å²) in [6.45, 7) is 4.93. The highest BCUT2D eigenvalue weighted by atomic mass is 16.5. The van der Waals surface area contributed by atoms with E-state index in [-0.39, 0.29) is 11.8 Å². The van der Waals surface area contributed by atoms with Crippen molar-refractivity contribution in [3.05, 3.63) is 83.6 Å². The maximum Gasteiger partial charge on any atom is 0.255 e. The number of carbonyl (C=O) groups excluding carboxylic acids is 2. The molecule has 0 aromatic heterocycles. The smallest absolute Gasteiger partial charge is 0.255 e. The van der Waals surface area contributed by atoms with Gasteiger partial charge in [0.2, 0.25) is 5.91 Å².